The number of benzene rings is 1. The average Bonchev–Trinajstić information content (AvgIpc) is 2.96. The van der Waals surface area contributed by atoms with Crippen LogP contribution < -0.4 is 9.80 Å². The molecule has 148 valence electrons. The Kier molecular flexibility index (Phi) is 5.02. The number of cyclic esters (lactones) is 1. The van der Waals surface area contributed by atoms with E-state index in [1.54, 1.807) is 4.90 Å². The van der Waals surface area contributed by atoms with Crippen molar-refractivity contribution in [3.8, 4) is 0 Å². The largest absolute Gasteiger partial charge is 0.465 e. The first-order valence-electron chi connectivity index (χ1n) is 8.77. The molecule has 0 aromatic heterocycles. The molecule has 1 aromatic carbocycles. The quantitative estimate of drug-likeness (QED) is 0.789. The van der Waals surface area contributed by atoms with Crippen molar-refractivity contribution in [2.24, 2.45) is 0 Å². The molecule has 3 rings (SSSR count). The molecule has 2 heterocycles. The number of amides is 2. The zero-order chi connectivity index (χ0) is 19.9. The van der Waals surface area contributed by atoms with E-state index in [0.29, 0.717) is 13.1 Å². The minimum atomic E-state index is -1.28. The standard InChI is InChI=1S/C17H23F2N3O4Si/c1-20(16(23)24)14-10-22(17(25)26-14)11-8-12(18)15(13(19)9-11)21-4-6-27(2,3)7-5-21/h8-9,14H,4-7,10H2,1-3H3,(H,23,24)/t14-/m0/s1. The molecule has 2 amide bonds. The zero-order valence-electron chi connectivity index (χ0n) is 15.5. The van der Waals surface area contributed by atoms with Crippen LogP contribution in [-0.4, -0.2) is 63.2 Å². The SMILES string of the molecule is CN(C(=O)O)[C@@H]1CN(c2cc(F)c(N3CC[Si](C)(C)CC3)c(F)c2)C(=O)O1. The Hall–Kier alpha value is -2.36. The summed E-state index contributed by atoms with van der Waals surface area (Å²) in [5.41, 5.74) is -0.0678. The summed E-state index contributed by atoms with van der Waals surface area (Å²) in [6.07, 6.45) is -3.14. The first kappa shape index (κ1) is 19.4. The first-order chi connectivity index (χ1) is 12.6. The zero-order valence-corrected chi connectivity index (χ0v) is 16.5. The highest BCUT2D eigenvalue weighted by molar-refractivity contribution is 6.77. The summed E-state index contributed by atoms with van der Waals surface area (Å²) in [5, 5.41) is 8.98. The average molecular weight is 399 g/mol. The maximum atomic E-state index is 14.7. The van der Waals surface area contributed by atoms with E-state index in [1.807, 2.05) is 0 Å². The number of ether oxygens (including phenoxy) is 1. The maximum Gasteiger partial charge on any atom is 0.416 e. The third-order valence-electron chi connectivity index (χ3n) is 5.28. The number of rotatable bonds is 3. The summed E-state index contributed by atoms with van der Waals surface area (Å²) < 4.78 is 34.4. The molecular formula is C17H23F2N3O4Si. The molecule has 0 saturated carbocycles. The van der Waals surface area contributed by atoms with Gasteiger partial charge in [0.15, 0.2) is 17.9 Å². The normalized spacial score (nSPS) is 22.0. The second kappa shape index (κ2) is 6.99. The van der Waals surface area contributed by atoms with Gasteiger partial charge in [0.1, 0.15) is 5.69 Å². The number of carbonyl (C=O) groups excluding carboxylic acids is 1. The van der Waals surface area contributed by atoms with Gasteiger partial charge in [-0.1, -0.05) is 13.1 Å². The van der Waals surface area contributed by atoms with Crippen molar-refractivity contribution in [3.63, 3.8) is 0 Å². The van der Waals surface area contributed by atoms with Crippen LogP contribution in [0.25, 0.3) is 0 Å². The monoisotopic (exact) mass is 399 g/mol. The number of carbonyl (C=O) groups is 2. The fourth-order valence-corrected chi connectivity index (χ4v) is 5.33. The van der Waals surface area contributed by atoms with Crippen molar-refractivity contribution in [2.45, 2.75) is 31.4 Å². The van der Waals surface area contributed by atoms with E-state index in [-0.39, 0.29) is 17.9 Å². The van der Waals surface area contributed by atoms with Crippen LogP contribution in [0.2, 0.25) is 25.2 Å². The van der Waals surface area contributed by atoms with E-state index in [4.69, 9.17) is 9.84 Å². The molecule has 2 saturated heterocycles. The summed E-state index contributed by atoms with van der Waals surface area (Å²) in [7, 11) is -0.0184. The second-order valence-corrected chi connectivity index (χ2v) is 13.1. The molecule has 7 nitrogen and oxygen atoms in total. The minimum absolute atomic E-state index is 0.00625. The van der Waals surface area contributed by atoms with E-state index in [0.717, 1.165) is 34.0 Å². The van der Waals surface area contributed by atoms with Gasteiger partial charge in [-0.2, -0.15) is 0 Å². The van der Waals surface area contributed by atoms with Gasteiger partial charge in [-0.3, -0.25) is 9.80 Å². The lowest BCUT2D eigenvalue weighted by atomic mass is 10.2. The third-order valence-corrected chi connectivity index (χ3v) is 8.43. The summed E-state index contributed by atoms with van der Waals surface area (Å²) >= 11 is 0. The number of anilines is 2. The van der Waals surface area contributed by atoms with Crippen molar-refractivity contribution >= 4 is 31.6 Å². The van der Waals surface area contributed by atoms with E-state index >= 15 is 0 Å². The molecule has 1 N–H and O–H groups in total. The molecule has 0 unspecified atom stereocenters. The lowest BCUT2D eigenvalue weighted by Gasteiger charge is -2.37. The lowest BCUT2D eigenvalue weighted by Crippen LogP contribution is -2.43. The number of nitrogens with zero attached hydrogens (tertiary/aromatic N) is 3. The Morgan fingerprint density at radius 2 is 1.81 bits per heavy atom. The van der Waals surface area contributed by atoms with Gasteiger partial charge in [0.2, 0.25) is 0 Å². The van der Waals surface area contributed by atoms with Crippen LogP contribution in [0.4, 0.5) is 29.7 Å². The predicted octanol–water partition coefficient (Wildman–Crippen LogP) is 3.39. The number of hydrogen-bond acceptors (Lipinski definition) is 4. The third kappa shape index (κ3) is 3.85. The highest BCUT2D eigenvalue weighted by Gasteiger charge is 2.38. The fraction of sp³-hybridized carbons (Fsp3) is 0.529. The Morgan fingerprint density at radius 1 is 1.26 bits per heavy atom. The van der Waals surface area contributed by atoms with Crippen LogP contribution in [0.1, 0.15) is 0 Å². The summed E-state index contributed by atoms with van der Waals surface area (Å²) in [6.45, 7) is 5.63. The maximum absolute atomic E-state index is 14.7. The van der Waals surface area contributed by atoms with Gasteiger partial charge in [-0.25, -0.2) is 18.4 Å². The van der Waals surface area contributed by atoms with Gasteiger partial charge in [-0.15, -0.1) is 0 Å². The van der Waals surface area contributed by atoms with Crippen molar-refractivity contribution < 1.29 is 28.2 Å². The smallest absolute Gasteiger partial charge is 0.416 e. The molecule has 0 spiro atoms. The molecule has 1 aromatic rings. The van der Waals surface area contributed by atoms with Crippen molar-refractivity contribution in [1.82, 2.24) is 4.90 Å². The Morgan fingerprint density at radius 3 is 2.33 bits per heavy atom. The van der Waals surface area contributed by atoms with Crippen molar-refractivity contribution in [2.75, 3.05) is 36.5 Å². The number of hydrogen-bond donors (Lipinski definition) is 1. The highest BCUT2D eigenvalue weighted by Crippen LogP contribution is 2.34. The van der Waals surface area contributed by atoms with Crippen molar-refractivity contribution in [1.29, 1.82) is 0 Å². The molecule has 10 heteroatoms. The molecule has 2 aliphatic heterocycles. The van der Waals surface area contributed by atoms with Crippen molar-refractivity contribution in [3.05, 3.63) is 23.8 Å². The van der Waals surface area contributed by atoms with Crippen LogP contribution >= 0.6 is 0 Å². The number of halogens is 2. The van der Waals surface area contributed by atoms with Gasteiger partial charge < -0.3 is 14.7 Å². The van der Waals surface area contributed by atoms with Gasteiger partial charge >= 0.3 is 12.2 Å². The predicted molar refractivity (Wildman–Crippen MR) is 99.1 cm³/mol. The Bertz CT molecular complexity index is 744. The number of carboxylic acid groups (broad SMARTS) is 1. The fourth-order valence-electron chi connectivity index (χ4n) is 3.33. The minimum Gasteiger partial charge on any atom is -0.465 e. The van der Waals surface area contributed by atoms with Gasteiger partial charge in [-0.05, 0) is 12.1 Å². The molecule has 1 atom stereocenters. The Labute approximate surface area is 157 Å². The molecule has 27 heavy (non-hydrogen) atoms. The second-order valence-electron chi connectivity index (χ2n) is 7.75. The summed E-state index contributed by atoms with van der Waals surface area (Å²) in [4.78, 5) is 26.6. The van der Waals surface area contributed by atoms with Crippen LogP contribution in [0, 0.1) is 11.6 Å². The summed E-state index contributed by atoms with van der Waals surface area (Å²) in [6, 6.07) is 4.13. The van der Waals surface area contributed by atoms with Crippen LogP contribution in [-0.2, 0) is 4.74 Å². The van der Waals surface area contributed by atoms with E-state index in [2.05, 4.69) is 13.1 Å². The molecule has 0 bridgehead atoms. The van der Waals surface area contributed by atoms with E-state index in [9.17, 15) is 18.4 Å². The van der Waals surface area contributed by atoms with Gasteiger partial charge in [0, 0.05) is 32.3 Å². The molecule has 0 radical (unpaired) electrons. The lowest BCUT2D eigenvalue weighted by molar-refractivity contribution is 0.0415. The van der Waals surface area contributed by atoms with Crippen LogP contribution in [0.15, 0.2) is 12.1 Å². The first-order valence-corrected chi connectivity index (χ1v) is 12.2. The van der Waals surface area contributed by atoms with Gasteiger partial charge in [0.25, 0.3) is 0 Å². The Balaban J connectivity index is 1.81. The van der Waals surface area contributed by atoms with Crippen LogP contribution in [0.5, 0.6) is 0 Å². The van der Waals surface area contributed by atoms with Crippen LogP contribution in [0.3, 0.4) is 0 Å². The molecule has 2 fully saturated rings. The van der Waals surface area contributed by atoms with E-state index in [1.165, 1.54) is 7.05 Å². The van der Waals surface area contributed by atoms with E-state index < -0.39 is 38.1 Å². The topological polar surface area (TPSA) is 73.3 Å². The summed E-state index contributed by atoms with van der Waals surface area (Å²) in [5.74, 6) is -1.48. The van der Waals surface area contributed by atoms with Gasteiger partial charge in [0.05, 0.1) is 20.3 Å². The molecular weight excluding hydrogens is 376 g/mol. The molecule has 2 aliphatic rings. The number of likely N-dealkylation sites (N-methyl/N-ethyl adjacent to an activating group) is 1. The molecule has 0 aliphatic carbocycles. The highest BCUT2D eigenvalue weighted by atomic mass is 28.3.